The maximum Gasteiger partial charge on any atom is 0.339 e. The van der Waals surface area contributed by atoms with Gasteiger partial charge in [-0.3, -0.25) is 0 Å². The lowest BCUT2D eigenvalue weighted by molar-refractivity contribution is 0.0559. The van der Waals surface area contributed by atoms with Crippen molar-refractivity contribution in [1.29, 1.82) is 0 Å². The number of aromatic nitrogens is 1. The molecule has 0 spiro atoms. The lowest BCUT2D eigenvalue weighted by Gasteiger charge is -2.05. The zero-order valence-corrected chi connectivity index (χ0v) is 15.2. The second kappa shape index (κ2) is 7.98. The van der Waals surface area contributed by atoms with Gasteiger partial charge in [0.05, 0.1) is 11.3 Å². The molecule has 0 radical (unpaired) electrons. The highest BCUT2D eigenvalue weighted by molar-refractivity contribution is 7.99. The zero-order chi connectivity index (χ0) is 18.5. The summed E-state index contributed by atoms with van der Waals surface area (Å²) in [4.78, 5) is 16.7. The Morgan fingerprint density at radius 1 is 1.00 bits per heavy atom. The van der Waals surface area contributed by atoms with Gasteiger partial charge in [-0.05, 0) is 29.0 Å². The third-order valence-corrected chi connectivity index (χ3v) is 4.66. The summed E-state index contributed by atoms with van der Waals surface area (Å²) in [5.74, 6) is 5.96. The fourth-order valence-electron chi connectivity index (χ4n) is 2.70. The molecule has 4 rings (SSSR count). The summed E-state index contributed by atoms with van der Waals surface area (Å²) in [5.41, 5.74) is 2.14. The number of esters is 1. The highest BCUT2D eigenvalue weighted by Gasteiger charge is 2.10. The van der Waals surface area contributed by atoms with Crippen molar-refractivity contribution < 1.29 is 13.9 Å². The van der Waals surface area contributed by atoms with E-state index in [1.165, 1.54) is 11.8 Å². The van der Waals surface area contributed by atoms with Crippen molar-refractivity contribution in [2.75, 3.05) is 12.4 Å². The van der Waals surface area contributed by atoms with Crippen LogP contribution in [0.1, 0.15) is 10.4 Å². The Morgan fingerprint density at radius 3 is 2.74 bits per heavy atom. The minimum absolute atomic E-state index is 0.0518. The molecule has 0 atom stereocenters. The molecule has 0 bridgehead atoms. The van der Waals surface area contributed by atoms with E-state index in [0.29, 0.717) is 16.5 Å². The fourth-order valence-corrected chi connectivity index (χ4v) is 3.30. The monoisotopic (exact) mass is 373 g/mol. The van der Waals surface area contributed by atoms with Crippen molar-refractivity contribution in [3.8, 4) is 11.8 Å². The van der Waals surface area contributed by atoms with Crippen molar-refractivity contribution >= 4 is 39.6 Å². The van der Waals surface area contributed by atoms with Crippen LogP contribution in [0.15, 0.2) is 76.4 Å². The molecule has 4 aromatic rings. The average molecular weight is 373 g/mol. The average Bonchev–Trinajstić information content (AvgIpc) is 3.13. The maximum absolute atomic E-state index is 12.3. The summed E-state index contributed by atoms with van der Waals surface area (Å²) in [6.07, 6.45) is 0. The highest BCUT2D eigenvalue weighted by Crippen LogP contribution is 2.22. The molecule has 132 valence electrons. The van der Waals surface area contributed by atoms with E-state index in [2.05, 4.69) is 16.8 Å². The smallest absolute Gasteiger partial charge is 0.339 e. The lowest BCUT2D eigenvalue weighted by Crippen LogP contribution is -2.06. The molecule has 0 saturated carbocycles. The van der Waals surface area contributed by atoms with E-state index < -0.39 is 0 Å². The van der Waals surface area contributed by atoms with Crippen LogP contribution in [0.3, 0.4) is 0 Å². The van der Waals surface area contributed by atoms with Gasteiger partial charge in [0.25, 0.3) is 5.22 Å². The summed E-state index contributed by atoms with van der Waals surface area (Å²) >= 11 is 1.41. The van der Waals surface area contributed by atoms with Gasteiger partial charge in [-0.2, -0.15) is 0 Å². The van der Waals surface area contributed by atoms with Crippen LogP contribution >= 0.6 is 11.8 Å². The van der Waals surface area contributed by atoms with Crippen LogP contribution in [0.2, 0.25) is 0 Å². The van der Waals surface area contributed by atoms with Gasteiger partial charge in [-0.25, -0.2) is 9.78 Å². The first-order chi connectivity index (χ1) is 13.3. The summed E-state index contributed by atoms with van der Waals surface area (Å²) < 4.78 is 10.9. The molecule has 0 amide bonds. The van der Waals surface area contributed by atoms with Gasteiger partial charge >= 0.3 is 5.97 Å². The molecule has 27 heavy (non-hydrogen) atoms. The van der Waals surface area contributed by atoms with Crippen molar-refractivity contribution in [3.63, 3.8) is 0 Å². The molecule has 0 aliphatic carbocycles. The van der Waals surface area contributed by atoms with Crippen LogP contribution < -0.4 is 0 Å². The van der Waals surface area contributed by atoms with Gasteiger partial charge in [0, 0.05) is 0 Å². The molecule has 0 N–H and O–H groups in total. The van der Waals surface area contributed by atoms with Gasteiger partial charge < -0.3 is 9.15 Å². The van der Waals surface area contributed by atoms with E-state index in [9.17, 15) is 4.79 Å². The molecular formula is C22H15NO3S. The van der Waals surface area contributed by atoms with E-state index in [1.807, 2.05) is 60.7 Å². The number of para-hydroxylation sites is 2. The van der Waals surface area contributed by atoms with Crippen LogP contribution in [0, 0.1) is 11.8 Å². The summed E-state index contributed by atoms with van der Waals surface area (Å²) in [6.45, 7) is 0.0518. The van der Waals surface area contributed by atoms with Crippen LogP contribution in [0.25, 0.3) is 21.9 Å². The number of rotatable bonds is 4. The Balaban J connectivity index is 1.31. The maximum atomic E-state index is 12.3. The number of fused-ring (bicyclic) bond motifs is 2. The molecule has 1 heterocycles. The van der Waals surface area contributed by atoms with Gasteiger partial charge in [0.2, 0.25) is 0 Å². The van der Waals surface area contributed by atoms with Crippen LogP contribution in [-0.4, -0.2) is 23.3 Å². The Kier molecular flexibility index (Phi) is 5.08. The number of nitrogens with zero attached hydrogens (tertiary/aromatic N) is 1. The van der Waals surface area contributed by atoms with E-state index in [4.69, 9.17) is 9.15 Å². The van der Waals surface area contributed by atoms with Gasteiger partial charge in [-0.1, -0.05) is 72.1 Å². The predicted octanol–water partition coefficient (Wildman–Crippen LogP) is 4.93. The number of hydrogen-bond acceptors (Lipinski definition) is 5. The zero-order valence-electron chi connectivity index (χ0n) is 14.3. The normalized spacial score (nSPS) is 10.5. The van der Waals surface area contributed by atoms with Crippen LogP contribution in [0.5, 0.6) is 0 Å². The van der Waals surface area contributed by atoms with Gasteiger partial charge in [0.15, 0.2) is 12.2 Å². The lowest BCUT2D eigenvalue weighted by atomic mass is 10.1. The van der Waals surface area contributed by atoms with E-state index in [1.54, 1.807) is 6.07 Å². The number of hydrogen-bond donors (Lipinski definition) is 0. The summed E-state index contributed by atoms with van der Waals surface area (Å²) in [7, 11) is 0. The quantitative estimate of drug-likeness (QED) is 0.288. The van der Waals surface area contributed by atoms with Crippen molar-refractivity contribution in [3.05, 3.63) is 72.3 Å². The van der Waals surface area contributed by atoms with Gasteiger partial charge in [-0.15, -0.1) is 0 Å². The SMILES string of the molecule is O=C(OCC#CCSc1nc2ccccc2o1)c1cccc2ccccc12. The minimum atomic E-state index is -0.368. The number of benzene rings is 3. The molecule has 3 aromatic carbocycles. The van der Waals surface area contributed by atoms with E-state index in [0.717, 1.165) is 21.9 Å². The van der Waals surface area contributed by atoms with Crippen molar-refractivity contribution in [2.24, 2.45) is 0 Å². The molecule has 0 fully saturated rings. The molecule has 4 nitrogen and oxygen atoms in total. The third-order valence-electron chi connectivity index (χ3n) is 3.95. The predicted molar refractivity (Wildman–Crippen MR) is 107 cm³/mol. The van der Waals surface area contributed by atoms with E-state index >= 15 is 0 Å². The minimum Gasteiger partial charge on any atom is -0.449 e. The second-order valence-electron chi connectivity index (χ2n) is 5.69. The van der Waals surface area contributed by atoms with Crippen LogP contribution in [-0.2, 0) is 4.74 Å². The Morgan fingerprint density at radius 2 is 1.81 bits per heavy atom. The molecule has 0 aliphatic heterocycles. The number of carbonyl (C=O) groups is 1. The number of ether oxygens (including phenoxy) is 1. The number of carbonyl (C=O) groups excluding carboxylic acids is 1. The number of oxazole rings is 1. The van der Waals surface area contributed by atoms with Crippen molar-refractivity contribution in [1.82, 2.24) is 4.98 Å². The summed E-state index contributed by atoms with van der Waals surface area (Å²) in [6, 6.07) is 20.9. The molecule has 0 aliphatic rings. The molecule has 1 aromatic heterocycles. The molecule has 5 heteroatoms. The largest absolute Gasteiger partial charge is 0.449 e. The standard InChI is InChI=1S/C22H15NO3S/c24-21(18-11-7-9-16-8-1-2-10-17(16)18)25-14-5-6-15-27-22-23-19-12-3-4-13-20(19)26-22/h1-4,7-13H,14-15H2. The Hall–Kier alpha value is -3.23. The summed E-state index contributed by atoms with van der Waals surface area (Å²) in [5, 5.41) is 2.47. The highest BCUT2D eigenvalue weighted by atomic mass is 32.2. The molecule has 0 unspecified atom stereocenters. The third kappa shape index (κ3) is 3.97. The Bertz CT molecular complexity index is 1130. The van der Waals surface area contributed by atoms with Gasteiger partial charge in [0.1, 0.15) is 5.52 Å². The first kappa shape index (κ1) is 17.2. The topological polar surface area (TPSA) is 52.3 Å². The molecule has 0 saturated heterocycles. The number of thioether (sulfide) groups is 1. The first-order valence-corrected chi connectivity index (χ1v) is 9.39. The van der Waals surface area contributed by atoms with E-state index in [-0.39, 0.29) is 12.6 Å². The second-order valence-corrected chi connectivity index (χ2v) is 6.62. The molecular weight excluding hydrogens is 358 g/mol. The fraction of sp³-hybridized carbons (Fsp3) is 0.0909. The van der Waals surface area contributed by atoms with Crippen LogP contribution in [0.4, 0.5) is 0 Å². The first-order valence-electron chi connectivity index (χ1n) is 8.40. The Labute approximate surface area is 160 Å². The van der Waals surface area contributed by atoms with Crippen molar-refractivity contribution in [2.45, 2.75) is 5.22 Å².